The molecule has 3 aromatic rings. The van der Waals surface area contributed by atoms with Gasteiger partial charge in [0, 0.05) is 10.0 Å². The highest BCUT2D eigenvalue weighted by atomic mass is 79.9. The first-order chi connectivity index (χ1) is 19.5. The zero-order valence-corrected chi connectivity index (χ0v) is 24.3. The number of ketones is 1. The van der Waals surface area contributed by atoms with Crippen molar-refractivity contribution in [2.45, 2.75) is 22.2 Å². The third-order valence-corrected chi connectivity index (χ3v) is 9.92. The minimum Gasteiger partial charge on any atom is -0.456 e. The van der Waals surface area contributed by atoms with E-state index in [1.165, 1.54) is 0 Å². The summed E-state index contributed by atoms with van der Waals surface area (Å²) >= 11 is 18.1. The van der Waals surface area contributed by atoms with Crippen LogP contribution >= 0.6 is 39.1 Å². The number of amides is 3. The minimum absolute atomic E-state index is 0.284. The monoisotopic (exact) mass is 654 g/mol. The molecule has 2 N–H and O–H groups in total. The molecule has 4 aliphatic rings. The number of esters is 1. The second kappa shape index (κ2) is 9.79. The first-order valence-corrected chi connectivity index (χ1v) is 14.2. The van der Waals surface area contributed by atoms with E-state index in [9.17, 15) is 24.0 Å². The molecule has 0 saturated carbocycles. The van der Waals surface area contributed by atoms with Gasteiger partial charge in [0.15, 0.2) is 12.4 Å². The Hall–Kier alpha value is -3.53. The van der Waals surface area contributed by atoms with Crippen LogP contribution in [-0.4, -0.2) is 47.0 Å². The van der Waals surface area contributed by atoms with Gasteiger partial charge in [-0.15, -0.1) is 23.2 Å². The molecule has 3 amide bonds. The number of likely N-dealkylation sites (tertiary alicyclic amines) is 1. The number of hydrogen-bond acceptors (Lipinski definition) is 6. The molecule has 3 atom stereocenters. The molecule has 3 aliphatic carbocycles. The van der Waals surface area contributed by atoms with Gasteiger partial charge in [-0.25, -0.2) is 4.79 Å². The zero-order valence-electron chi connectivity index (χ0n) is 21.2. The SMILES string of the molecule is NC(=O)C[C@H](C(=O)OCC(=O)c1ccc(Br)cc1)N1C(=O)[C@@H]2[C@@H](C1=O)C1(Cl)c3ccccc3C2(Cl)c2ccccc21. The van der Waals surface area contributed by atoms with Crippen LogP contribution in [0.15, 0.2) is 77.3 Å². The maximum Gasteiger partial charge on any atom is 0.330 e. The van der Waals surface area contributed by atoms with E-state index in [2.05, 4.69) is 15.9 Å². The van der Waals surface area contributed by atoms with Crippen LogP contribution in [0.4, 0.5) is 0 Å². The predicted molar refractivity (Wildman–Crippen MR) is 152 cm³/mol. The molecule has 1 aliphatic heterocycles. The fourth-order valence-corrected chi connectivity index (χ4v) is 7.78. The van der Waals surface area contributed by atoms with E-state index in [-0.39, 0.29) is 5.56 Å². The molecule has 8 nitrogen and oxygen atoms in total. The van der Waals surface area contributed by atoms with Crippen LogP contribution in [0.1, 0.15) is 39.0 Å². The number of carbonyl (C=O) groups excluding carboxylic acids is 5. The lowest BCUT2D eigenvalue weighted by Gasteiger charge is -2.54. The van der Waals surface area contributed by atoms with Gasteiger partial charge in [-0.05, 0) is 34.4 Å². The maximum atomic E-state index is 14.2. The number of hydrogen-bond donors (Lipinski definition) is 1. The number of primary amides is 1. The summed E-state index contributed by atoms with van der Waals surface area (Å²) < 4.78 is 5.99. The fraction of sp³-hybridized carbons (Fsp3) is 0.233. The Morgan fingerprint density at radius 1 is 0.829 bits per heavy atom. The number of nitrogens with zero attached hydrogens (tertiary/aromatic N) is 1. The van der Waals surface area contributed by atoms with Crippen LogP contribution < -0.4 is 5.73 Å². The van der Waals surface area contributed by atoms with Gasteiger partial charge in [0.25, 0.3) is 0 Å². The molecule has 0 unspecified atom stereocenters. The molecular weight excluding hydrogens is 635 g/mol. The minimum atomic E-state index is -1.71. The standard InChI is InChI=1S/C30H21BrCl2N2O6/c31-16-11-9-15(10-12-16)22(36)14-41-28(40)21(13-23(34)37)35-26(38)24-25(27(35)39)30(33)18-6-2-1-5-17(18)29(24,32)19-7-3-4-8-20(19)30/h1-12,21,24-25H,13-14H2,(H2,34,37)/t21-,24+,25+,29?,30?/m1/s1. The van der Waals surface area contributed by atoms with E-state index in [0.29, 0.717) is 27.2 Å². The average molecular weight is 656 g/mol. The molecule has 2 bridgehead atoms. The fourth-order valence-electron chi connectivity index (χ4n) is 6.42. The van der Waals surface area contributed by atoms with Gasteiger partial charge in [-0.1, -0.05) is 76.6 Å². The third-order valence-electron chi connectivity index (χ3n) is 8.11. The maximum absolute atomic E-state index is 14.2. The number of carbonyl (C=O) groups is 5. The highest BCUT2D eigenvalue weighted by molar-refractivity contribution is 9.10. The van der Waals surface area contributed by atoms with E-state index < -0.39 is 70.1 Å². The summed E-state index contributed by atoms with van der Waals surface area (Å²) in [4.78, 5) is 64.1. The van der Waals surface area contributed by atoms with Crippen molar-refractivity contribution < 1.29 is 28.7 Å². The van der Waals surface area contributed by atoms with Crippen molar-refractivity contribution in [1.29, 1.82) is 0 Å². The van der Waals surface area contributed by atoms with Gasteiger partial charge in [-0.2, -0.15) is 0 Å². The molecule has 1 fully saturated rings. The van der Waals surface area contributed by atoms with Crippen LogP contribution in [0.3, 0.4) is 0 Å². The third kappa shape index (κ3) is 3.90. The molecule has 1 saturated heterocycles. The number of alkyl halides is 2. The lowest BCUT2D eigenvalue weighted by molar-refractivity contribution is -0.159. The number of nitrogens with two attached hydrogens (primary N) is 1. The molecule has 0 radical (unpaired) electrons. The summed E-state index contributed by atoms with van der Waals surface area (Å²) in [5, 5.41) is 0. The summed E-state index contributed by atoms with van der Waals surface area (Å²) in [5.41, 5.74) is 8.08. The Bertz CT molecular complexity index is 1540. The molecule has 7 rings (SSSR count). The van der Waals surface area contributed by atoms with E-state index in [4.69, 9.17) is 33.7 Å². The quantitative estimate of drug-likeness (QED) is 0.178. The van der Waals surface area contributed by atoms with Crippen molar-refractivity contribution in [3.8, 4) is 0 Å². The number of halogens is 3. The topological polar surface area (TPSA) is 124 Å². The van der Waals surface area contributed by atoms with Crippen LogP contribution in [-0.2, 0) is 33.7 Å². The lowest BCUT2D eigenvalue weighted by Crippen LogP contribution is -2.57. The van der Waals surface area contributed by atoms with Gasteiger partial charge < -0.3 is 10.5 Å². The molecule has 1 heterocycles. The number of ether oxygens (including phenoxy) is 1. The summed E-state index contributed by atoms with van der Waals surface area (Å²) in [5.74, 6) is -6.47. The van der Waals surface area contributed by atoms with Crippen molar-refractivity contribution in [3.05, 3.63) is 105 Å². The van der Waals surface area contributed by atoms with E-state index in [1.807, 2.05) is 0 Å². The first-order valence-electron chi connectivity index (χ1n) is 12.7. The summed E-state index contributed by atoms with van der Waals surface area (Å²) in [6.45, 7) is -0.672. The molecule has 3 aromatic carbocycles. The van der Waals surface area contributed by atoms with Gasteiger partial charge >= 0.3 is 5.97 Å². The summed E-state index contributed by atoms with van der Waals surface area (Å²) in [6.07, 6.45) is -0.702. The van der Waals surface area contributed by atoms with Gasteiger partial charge in [-0.3, -0.25) is 24.1 Å². The normalized spacial score (nSPS) is 26.2. The predicted octanol–water partition coefficient (Wildman–Crippen LogP) is 4.01. The second-order valence-corrected chi connectivity index (χ2v) is 12.3. The van der Waals surface area contributed by atoms with Crippen molar-refractivity contribution in [3.63, 3.8) is 0 Å². The van der Waals surface area contributed by atoms with Crippen LogP contribution in [0, 0.1) is 11.8 Å². The van der Waals surface area contributed by atoms with E-state index in [1.54, 1.807) is 72.8 Å². The second-order valence-electron chi connectivity index (χ2n) is 10.2. The zero-order chi connectivity index (χ0) is 29.3. The van der Waals surface area contributed by atoms with Crippen molar-refractivity contribution in [2.75, 3.05) is 6.61 Å². The van der Waals surface area contributed by atoms with Crippen LogP contribution in [0.5, 0.6) is 0 Å². The van der Waals surface area contributed by atoms with Gasteiger partial charge in [0.05, 0.1) is 18.3 Å². The van der Waals surface area contributed by atoms with Crippen LogP contribution in [0.2, 0.25) is 0 Å². The molecule has 0 aromatic heterocycles. The number of rotatable bonds is 7. The van der Waals surface area contributed by atoms with Crippen LogP contribution in [0.25, 0.3) is 0 Å². The summed E-state index contributed by atoms with van der Waals surface area (Å²) in [6, 6.07) is 18.9. The molecule has 11 heteroatoms. The Labute approximate surface area is 252 Å². The Balaban J connectivity index is 1.38. The Morgan fingerprint density at radius 2 is 1.27 bits per heavy atom. The number of benzene rings is 3. The Kier molecular flexibility index (Phi) is 6.60. The molecule has 208 valence electrons. The lowest BCUT2D eigenvalue weighted by atomic mass is 9.54. The molecule has 0 spiro atoms. The van der Waals surface area contributed by atoms with E-state index >= 15 is 0 Å². The number of Topliss-reactive ketones (excluding diaryl/α,β-unsaturated/α-hetero) is 1. The molecular formula is C30H21BrCl2N2O6. The van der Waals surface area contributed by atoms with Gasteiger partial charge in [0.1, 0.15) is 15.8 Å². The largest absolute Gasteiger partial charge is 0.456 e. The highest BCUT2D eigenvalue weighted by Gasteiger charge is 2.73. The van der Waals surface area contributed by atoms with Crippen molar-refractivity contribution >= 4 is 68.6 Å². The van der Waals surface area contributed by atoms with E-state index in [0.717, 1.165) is 4.47 Å². The van der Waals surface area contributed by atoms with Crippen molar-refractivity contribution in [2.24, 2.45) is 17.6 Å². The highest BCUT2D eigenvalue weighted by Crippen LogP contribution is 2.69. The Morgan fingerprint density at radius 3 is 1.68 bits per heavy atom. The van der Waals surface area contributed by atoms with Gasteiger partial charge in [0.2, 0.25) is 17.7 Å². The number of imide groups is 1. The smallest absolute Gasteiger partial charge is 0.330 e. The molecule has 41 heavy (non-hydrogen) atoms. The summed E-state index contributed by atoms with van der Waals surface area (Å²) in [7, 11) is 0. The average Bonchev–Trinajstić information content (AvgIpc) is 3.24. The van der Waals surface area contributed by atoms with Crippen molar-refractivity contribution in [1.82, 2.24) is 4.90 Å². The first kappa shape index (κ1) is 27.6.